The maximum absolute atomic E-state index is 14.0. The Hall–Kier alpha value is -3.35. The second-order valence-corrected chi connectivity index (χ2v) is 7.87. The first kappa shape index (κ1) is 21.9. The summed E-state index contributed by atoms with van der Waals surface area (Å²) in [6, 6.07) is 18.8. The standard InChI is InChI=1S/C24H18Cl2FN3O2/c25-18-6-2-7-20(11-18)32-15-16-4-1-5-17(10-16)24(31)29-19-12-28-30(13-19)14-21-22(26)8-3-9-23(21)27/h1-13H,14-15H2,(H,29,31). The van der Waals surface area contributed by atoms with Crippen LogP contribution in [0.4, 0.5) is 10.1 Å². The van der Waals surface area contributed by atoms with E-state index in [0.29, 0.717) is 39.2 Å². The summed E-state index contributed by atoms with van der Waals surface area (Å²) in [5.74, 6) is -0.0526. The molecule has 1 aromatic heterocycles. The Bertz CT molecular complexity index is 1240. The third-order valence-corrected chi connectivity index (χ3v) is 5.25. The summed E-state index contributed by atoms with van der Waals surface area (Å²) in [6.45, 7) is 0.445. The van der Waals surface area contributed by atoms with Crippen molar-refractivity contribution in [3.8, 4) is 5.75 Å². The Morgan fingerprint density at radius 3 is 2.69 bits per heavy atom. The number of hydrogen-bond donors (Lipinski definition) is 1. The lowest BCUT2D eigenvalue weighted by atomic mass is 10.1. The number of anilines is 1. The molecule has 3 aromatic carbocycles. The van der Waals surface area contributed by atoms with Crippen molar-refractivity contribution in [1.82, 2.24) is 9.78 Å². The molecule has 162 valence electrons. The largest absolute Gasteiger partial charge is 0.489 e. The number of aromatic nitrogens is 2. The molecule has 1 amide bonds. The summed E-state index contributed by atoms with van der Waals surface area (Å²) in [4.78, 5) is 12.7. The van der Waals surface area contributed by atoms with Gasteiger partial charge in [0.1, 0.15) is 18.2 Å². The summed E-state index contributed by atoms with van der Waals surface area (Å²) < 4.78 is 21.2. The van der Waals surface area contributed by atoms with E-state index in [-0.39, 0.29) is 12.5 Å². The molecular formula is C24H18Cl2FN3O2. The van der Waals surface area contributed by atoms with Gasteiger partial charge in [-0.15, -0.1) is 0 Å². The molecular weight excluding hydrogens is 452 g/mol. The van der Waals surface area contributed by atoms with Crippen molar-refractivity contribution < 1.29 is 13.9 Å². The molecule has 4 rings (SSSR count). The van der Waals surface area contributed by atoms with Crippen molar-refractivity contribution in [2.45, 2.75) is 13.2 Å². The van der Waals surface area contributed by atoms with Crippen molar-refractivity contribution in [2.75, 3.05) is 5.32 Å². The highest BCUT2D eigenvalue weighted by Crippen LogP contribution is 2.21. The zero-order valence-electron chi connectivity index (χ0n) is 16.8. The molecule has 4 aromatic rings. The molecule has 5 nitrogen and oxygen atoms in total. The summed E-state index contributed by atoms with van der Waals surface area (Å²) in [5.41, 5.74) is 2.13. The maximum atomic E-state index is 14.0. The molecule has 32 heavy (non-hydrogen) atoms. The van der Waals surface area contributed by atoms with Crippen LogP contribution in [0.25, 0.3) is 0 Å². The smallest absolute Gasteiger partial charge is 0.255 e. The fourth-order valence-corrected chi connectivity index (χ4v) is 3.49. The first-order valence-corrected chi connectivity index (χ1v) is 10.5. The predicted octanol–water partition coefficient (Wildman–Crippen LogP) is 6.21. The molecule has 0 spiro atoms. The van der Waals surface area contributed by atoms with Crippen LogP contribution in [0.2, 0.25) is 10.0 Å². The van der Waals surface area contributed by atoms with Crippen LogP contribution in [0, 0.1) is 5.82 Å². The van der Waals surface area contributed by atoms with Gasteiger partial charge >= 0.3 is 0 Å². The van der Waals surface area contributed by atoms with Gasteiger partial charge in [0.15, 0.2) is 0 Å². The average Bonchev–Trinajstić information content (AvgIpc) is 3.22. The van der Waals surface area contributed by atoms with Crippen molar-refractivity contribution in [2.24, 2.45) is 0 Å². The van der Waals surface area contributed by atoms with Gasteiger partial charge in [-0.1, -0.05) is 47.5 Å². The second kappa shape index (κ2) is 9.85. The molecule has 0 saturated heterocycles. The fourth-order valence-electron chi connectivity index (χ4n) is 3.09. The number of carbonyl (C=O) groups is 1. The van der Waals surface area contributed by atoms with Crippen LogP contribution in [0.1, 0.15) is 21.5 Å². The first-order chi connectivity index (χ1) is 15.5. The molecule has 8 heteroatoms. The quantitative estimate of drug-likeness (QED) is 0.350. The number of carbonyl (C=O) groups excluding carboxylic acids is 1. The van der Waals surface area contributed by atoms with Gasteiger partial charge in [-0.05, 0) is 48.0 Å². The zero-order valence-corrected chi connectivity index (χ0v) is 18.3. The van der Waals surface area contributed by atoms with E-state index in [1.165, 1.54) is 16.9 Å². The van der Waals surface area contributed by atoms with Gasteiger partial charge in [0.2, 0.25) is 0 Å². The molecule has 1 heterocycles. The molecule has 0 aliphatic rings. The van der Waals surface area contributed by atoms with E-state index in [4.69, 9.17) is 27.9 Å². The van der Waals surface area contributed by atoms with Gasteiger partial charge in [0.25, 0.3) is 5.91 Å². The van der Waals surface area contributed by atoms with Crippen LogP contribution in [0.15, 0.2) is 79.1 Å². The minimum absolute atomic E-state index is 0.150. The SMILES string of the molecule is O=C(Nc1cnn(Cc2c(F)cccc2Cl)c1)c1cccc(COc2cccc(Cl)c2)c1. The first-order valence-electron chi connectivity index (χ1n) is 9.72. The molecule has 0 saturated carbocycles. The van der Waals surface area contributed by atoms with Gasteiger partial charge in [0.05, 0.1) is 18.4 Å². The van der Waals surface area contributed by atoms with Crippen LogP contribution in [-0.4, -0.2) is 15.7 Å². The molecule has 0 aliphatic heterocycles. The third-order valence-electron chi connectivity index (χ3n) is 4.66. The fraction of sp³-hybridized carbons (Fsp3) is 0.0833. The molecule has 0 fully saturated rings. The lowest BCUT2D eigenvalue weighted by Gasteiger charge is -2.08. The van der Waals surface area contributed by atoms with Gasteiger partial charge < -0.3 is 10.1 Å². The number of benzene rings is 3. The molecule has 0 aliphatic carbocycles. The van der Waals surface area contributed by atoms with Crippen molar-refractivity contribution in [1.29, 1.82) is 0 Å². The van der Waals surface area contributed by atoms with E-state index in [9.17, 15) is 9.18 Å². The van der Waals surface area contributed by atoms with E-state index < -0.39 is 5.82 Å². The predicted molar refractivity (Wildman–Crippen MR) is 123 cm³/mol. The molecule has 0 radical (unpaired) electrons. The Morgan fingerprint density at radius 2 is 1.88 bits per heavy atom. The highest BCUT2D eigenvalue weighted by molar-refractivity contribution is 6.31. The summed E-state index contributed by atoms with van der Waals surface area (Å²) in [7, 11) is 0. The molecule has 0 unspecified atom stereocenters. The summed E-state index contributed by atoms with van der Waals surface area (Å²) in [5, 5.41) is 7.88. The Balaban J connectivity index is 1.39. The van der Waals surface area contributed by atoms with Crippen molar-refractivity contribution >= 4 is 34.8 Å². The van der Waals surface area contributed by atoms with Gasteiger partial charge in [-0.2, -0.15) is 5.10 Å². The van der Waals surface area contributed by atoms with Crippen LogP contribution in [0.3, 0.4) is 0 Å². The topological polar surface area (TPSA) is 56.2 Å². The zero-order chi connectivity index (χ0) is 22.5. The van der Waals surface area contributed by atoms with Crippen molar-refractivity contribution in [3.05, 3.63) is 112 Å². The lowest BCUT2D eigenvalue weighted by molar-refractivity contribution is 0.102. The highest BCUT2D eigenvalue weighted by atomic mass is 35.5. The normalized spacial score (nSPS) is 10.7. The summed E-state index contributed by atoms with van der Waals surface area (Å²) in [6.07, 6.45) is 3.12. The maximum Gasteiger partial charge on any atom is 0.255 e. The van der Waals surface area contributed by atoms with E-state index in [0.717, 1.165) is 5.56 Å². The van der Waals surface area contributed by atoms with E-state index in [2.05, 4.69) is 10.4 Å². The number of nitrogens with one attached hydrogen (secondary N) is 1. The number of nitrogens with zero attached hydrogens (tertiary/aromatic N) is 2. The van der Waals surface area contributed by atoms with E-state index >= 15 is 0 Å². The Labute approximate surface area is 194 Å². The average molecular weight is 470 g/mol. The van der Waals surface area contributed by atoms with Crippen molar-refractivity contribution in [3.63, 3.8) is 0 Å². The van der Waals surface area contributed by atoms with E-state index in [1.807, 2.05) is 18.2 Å². The van der Waals surface area contributed by atoms with Gasteiger partial charge in [-0.25, -0.2) is 4.39 Å². The number of halogens is 3. The van der Waals surface area contributed by atoms with Gasteiger partial charge in [-0.3, -0.25) is 9.48 Å². The number of amides is 1. The lowest BCUT2D eigenvalue weighted by Crippen LogP contribution is -2.12. The molecule has 0 bridgehead atoms. The molecule has 1 N–H and O–H groups in total. The molecule has 0 atom stereocenters. The summed E-state index contributed by atoms with van der Waals surface area (Å²) >= 11 is 12.0. The third kappa shape index (κ3) is 5.46. The highest BCUT2D eigenvalue weighted by Gasteiger charge is 2.11. The van der Waals surface area contributed by atoms with Crippen LogP contribution >= 0.6 is 23.2 Å². The van der Waals surface area contributed by atoms with Crippen LogP contribution in [0.5, 0.6) is 5.75 Å². The van der Waals surface area contributed by atoms with E-state index in [1.54, 1.807) is 48.7 Å². The number of ether oxygens (including phenoxy) is 1. The Morgan fingerprint density at radius 1 is 1.06 bits per heavy atom. The number of hydrogen-bond acceptors (Lipinski definition) is 3. The van der Waals surface area contributed by atoms with Crippen LogP contribution in [-0.2, 0) is 13.2 Å². The minimum atomic E-state index is -0.407. The Kier molecular flexibility index (Phi) is 6.73. The number of rotatable bonds is 7. The minimum Gasteiger partial charge on any atom is -0.489 e. The monoisotopic (exact) mass is 469 g/mol. The van der Waals surface area contributed by atoms with Crippen LogP contribution < -0.4 is 10.1 Å². The van der Waals surface area contributed by atoms with Gasteiger partial charge in [0, 0.05) is 27.4 Å². The second-order valence-electron chi connectivity index (χ2n) is 7.03.